The van der Waals surface area contributed by atoms with E-state index in [2.05, 4.69) is 10.3 Å². The van der Waals surface area contributed by atoms with Crippen molar-refractivity contribution < 1.29 is 9.59 Å². The van der Waals surface area contributed by atoms with Gasteiger partial charge in [-0.15, -0.1) is 0 Å². The Kier molecular flexibility index (Phi) is 5.82. The van der Waals surface area contributed by atoms with Gasteiger partial charge in [0.05, 0.1) is 37.6 Å². The van der Waals surface area contributed by atoms with Crippen LogP contribution in [0.3, 0.4) is 0 Å². The molecule has 0 radical (unpaired) electrons. The van der Waals surface area contributed by atoms with E-state index in [1.165, 1.54) is 6.92 Å². The number of amides is 2. The molecular weight excluding hydrogens is 430 g/mol. The maximum absolute atomic E-state index is 12.7. The van der Waals surface area contributed by atoms with Crippen LogP contribution < -0.4 is 5.32 Å². The van der Waals surface area contributed by atoms with Crippen LogP contribution in [-0.4, -0.2) is 48.0 Å². The molecule has 4 heterocycles. The van der Waals surface area contributed by atoms with Gasteiger partial charge in [-0.05, 0) is 17.7 Å². The lowest BCUT2D eigenvalue weighted by Gasteiger charge is -2.15. The molecule has 5 rings (SSSR count). The van der Waals surface area contributed by atoms with E-state index in [1.54, 1.807) is 11.1 Å². The lowest BCUT2D eigenvalue weighted by molar-refractivity contribution is -0.133. The zero-order valence-electron chi connectivity index (χ0n) is 18.7. The molecule has 1 N–H and O–H groups in total. The van der Waals surface area contributed by atoms with Crippen molar-refractivity contribution in [2.45, 2.75) is 26.6 Å². The Morgan fingerprint density at radius 2 is 1.88 bits per heavy atom. The third-order valence-corrected chi connectivity index (χ3v) is 5.61. The minimum atomic E-state index is -0.240. The number of aromatic nitrogens is 5. The molecule has 170 valence electrons. The minimum Gasteiger partial charge on any atom is -0.347 e. The number of benzene rings is 1. The van der Waals surface area contributed by atoms with E-state index < -0.39 is 0 Å². The van der Waals surface area contributed by atoms with Crippen LogP contribution >= 0.6 is 0 Å². The fraction of sp³-hybridized carbons (Fsp3) is 0.200. The summed E-state index contributed by atoms with van der Waals surface area (Å²) < 4.78 is 1.84. The molecule has 0 atom stereocenters. The van der Waals surface area contributed by atoms with E-state index in [-0.39, 0.29) is 18.4 Å². The van der Waals surface area contributed by atoms with Gasteiger partial charge >= 0.3 is 0 Å². The Hall–Kier alpha value is -4.40. The van der Waals surface area contributed by atoms with Gasteiger partial charge < -0.3 is 10.2 Å². The van der Waals surface area contributed by atoms with Gasteiger partial charge in [-0.25, -0.2) is 9.97 Å². The zero-order valence-corrected chi connectivity index (χ0v) is 18.7. The van der Waals surface area contributed by atoms with Crippen LogP contribution in [0.2, 0.25) is 0 Å². The molecule has 4 aromatic rings. The standard InChI is InChI=1S/C25H23N7O2/c1-17(33)27-13-23(34)31-15-20-22(16-31)28-25(19-7-3-2-4-8-19)29-24(20)21-9-11-32(30-21)14-18-6-5-10-26-12-18/h2-12H,13-16H2,1H3,(H,27,33). The summed E-state index contributed by atoms with van der Waals surface area (Å²) in [6.07, 6.45) is 5.47. The molecule has 1 aliphatic rings. The van der Waals surface area contributed by atoms with Crippen molar-refractivity contribution in [3.05, 3.63) is 83.9 Å². The van der Waals surface area contributed by atoms with Crippen molar-refractivity contribution in [3.8, 4) is 22.8 Å². The maximum Gasteiger partial charge on any atom is 0.242 e. The molecule has 0 bridgehead atoms. The van der Waals surface area contributed by atoms with Crippen molar-refractivity contribution in [1.29, 1.82) is 0 Å². The Morgan fingerprint density at radius 3 is 2.65 bits per heavy atom. The van der Waals surface area contributed by atoms with Gasteiger partial charge in [-0.1, -0.05) is 36.4 Å². The molecule has 3 aromatic heterocycles. The van der Waals surface area contributed by atoms with E-state index in [4.69, 9.17) is 15.1 Å². The lowest BCUT2D eigenvalue weighted by atomic mass is 10.1. The van der Waals surface area contributed by atoms with Crippen LogP contribution in [0.15, 0.2) is 67.1 Å². The second-order valence-corrected chi connectivity index (χ2v) is 8.11. The average molecular weight is 454 g/mol. The number of hydrogen-bond acceptors (Lipinski definition) is 6. The first-order valence-electron chi connectivity index (χ1n) is 11.0. The molecule has 2 amide bonds. The molecule has 0 aliphatic carbocycles. The molecule has 34 heavy (non-hydrogen) atoms. The minimum absolute atomic E-state index is 0.0443. The predicted octanol–water partition coefficient (Wildman–Crippen LogP) is 2.43. The van der Waals surface area contributed by atoms with Gasteiger partial charge in [-0.2, -0.15) is 5.10 Å². The molecule has 1 aliphatic heterocycles. The van der Waals surface area contributed by atoms with E-state index >= 15 is 0 Å². The molecule has 9 nitrogen and oxygen atoms in total. The number of carbonyl (C=O) groups excluding carboxylic acids is 2. The Morgan fingerprint density at radius 1 is 1.03 bits per heavy atom. The second kappa shape index (κ2) is 9.22. The number of carbonyl (C=O) groups is 2. The third-order valence-electron chi connectivity index (χ3n) is 5.61. The Labute approximate surface area is 196 Å². The first-order valence-corrected chi connectivity index (χ1v) is 11.0. The summed E-state index contributed by atoms with van der Waals surface area (Å²) in [5.74, 6) is 0.186. The van der Waals surface area contributed by atoms with E-state index in [1.807, 2.05) is 65.6 Å². The summed E-state index contributed by atoms with van der Waals surface area (Å²) in [4.78, 5) is 39.4. The number of hydrogen-bond donors (Lipinski definition) is 1. The van der Waals surface area contributed by atoms with Crippen molar-refractivity contribution in [3.63, 3.8) is 0 Å². The summed E-state index contributed by atoms with van der Waals surface area (Å²) in [5.41, 5.74) is 5.04. The maximum atomic E-state index is 12.7. The number of rotatable bonds is 6. The Balaban J connectivity index is 1.49. The van der Waals surface area contributed by atoms with Crippen molar-refractivity contribution in [1.82, 2.24) is 34.9 Å². The lowest BCUT2D eigenvalue weighted by Crippen LogP contribution is -2.36. The number of pyridine rings is 1. The van der Waals surface area contributed by atoms with Gasteiger partial charge in [0.15, 0.2) is 5.82 Å². The van der Waals surface area contributed by atoms with E-state index in [9.17, 15) is 9.59 Å². The summed E-state index contributed by atoms with van der Waals surface area (Å²) >= 11 is 0. The van der Waals surface area contributed by atoms with Crippen molar-refractivity contribution in [2.24, 2.45) is 0 Å². The van der Waals surface area contributed by atoms with Crippen LogP contribution in [-0.2, 0) is 29.2 Å². The van der Waals surface area contributed by atoms with E-state index in [0.29, 0.717) is 31.2 Å². The quantitative estimate of drug-likeness (QED) is 0.481. The number of fused-ring (bicyclic) bond motifs is 1. The van der Waals surface area contributed by atoms with Gasteiger partial charge in [0, 0.05) is 36.6 Å². The van der Waals surface area contributed by atoms with Gasteiger partial charge in [0.2, 0.25) is 11.8 Å². The van der Waals surface area contributed by atoms with Gasteiger partial charge in [0.1, 0.15) is 5.69 Å². The highest BCUT2D eigenvalue weighted by Crippen LogP contribution is 2.32. The van der Waals surface area contributed by atoms with Crippen molar-refractivity contribution in [2.75, 3.05) is 6.54 Å². The highest BCUT2D eigenvalue weighted by atomic mass is 16.2. The molecule has 0 unspecified atom stereocenters. The van der Waals surface area contributed by atoms with Crippen LogP contribution in [0, 0.1) is 0 Å². The fourth-order valence-electron chi connectivity index (χ4n) is 3.93. The normalized spacial score (nSPS) is 12.4. The highest BCUT2D eigenvalue weighted by molar-refractivity contribution is 5.84. The predicted molar refractivity (Wildman–Crippen MR) is 125 cm³/mol. The molecule has 0 saturated heterocycles. The first-order chi connectivity index (χ1) is 16.6. The average Bonchev–Trinajstić information content (AvgIpc) is 3.50. The molecule has 0 saturated carbocycles. The van der Waals surface area contributed by atoms with Gasteiger partial charge in [0.25, 0.3) is 0 Å². The molecule has 0 spiro atoms. The highest BCUT2D eigenvalue weighted by Gasteiger charge is 2.29. The monoisotopic (exact) mass is 453 g/mol. The SMILES string of the molecule is CC(=O)NCC(=O)N1Cc2nc(-c3ccccc3)nc(-c3ccn(Cc4cccnc4)n3)c2C1. The summed E-state index contributed by atoms with van der Waals surface area (Å²) in [5, 5.41) is 7.33. The van der Waals surface area contributed by atoms with Crippen LogP contribution in [0.1, 0.15) is 23.7 Å². The van der Waals surface area contributed by atoms with E-state index in [0.717, 1.165) is 28.1 Å². The molecular formula is C25H23N7O2. The zero-order chi connectivity index (χ0) is 23.5. The summed E-state index contributed by atoms with van der Waals surface area (Å²) in [6, 6.07) is 15.6. The number of nitrogens with zero attached hydrogens (tertiary/aromatic N) is 6. The van der Waals surface area contributed by atoms with Crippen LogP contribution in [0.25, 0.3) is 22.8 Å². The second-order valence-electron chi connectivity index (χ2n) is 8.11. The first kappa shape index (κ1) is 21.4. The summed E-state index contributed by atoms with van der Waals surface area (Å²) in [7, 11) is 0. The molecule has 0 fully saturated rings. The fourth-order valence-corrected chi connectivity index (χ4v) is 3.93. The van der Waals surface area contributed by atoms with Gasteiger partial charge in [-0.3, -0.25) is 19.3 Å². The molecule has 1 aromatic carbocycles. The third kappa shape index (κ3) is 4.54. The smallest absolute Gasteiger partial charge is 0.242 e. The number of nitrogens with one attached hydrogen (secondary N) is 1. The van der Waals surface area contributed by atoms with Crippen molar-refractivity contribution >= 4 is 11.8 Å². The van der Waals surface area contributed by atoms with Crippen LogP contribution in [0.5, 0.6) is 0 Å². The Bertz CT molecular complexity index is 1340. The molecule has 9 heteroatoms. The topological polar surface area (TPSA) is 106 Å². The largest absolute Gasteiger partial charge is 0.347 e. The van der Waals surface area contributed by atoms with Crippen LogP contribution in [0.4, 0.5) is 0 Å². The summed E-state index contributed by atoms with van der Waals surface area (Å²) in [6.45, 7) is 2.67.